The molecule has 0 aliphatic heterocycles. The second kappa shape index (κ2) is 7.99. The SMILES string of the molecule is CNS(=O)(=O)c1cccc(C(=O)NCCSC2CCCC2)c1. The molecule has 1 fully saturated rings. The van der Waals surface area contributed by atoms with Gasteiger partial charge in [-0.3, -0.25) is 4.79 Å². The molecule has 0 radical (unpaired) electrons. The van der Waals surface area contributed by atoms with Crippen LogP contribution >= 0.6 is 11.8 Å². The van der Waals surface area contributed by atoms with Crippen LogP contribution in [0.15, 0.2) is 29.2 Å². The van der Waals surface area contributed by atoms with Crippen molar-refractivity contribution in [3.8, 4) is 0 Å². The second-order valence-electron chi connectivity index (χ2n) is 5.27. The van der Waals surface area contributed by atoms with Gasteiger partial charge in [-0.1, -0.05) is 18.9 Å². The minimum atomic E-state index is -3.52. The van der Waals surface area contributed by atoms with Gasteiger partial charge in [-0.15, -0.1) is 0 Å². The Hall–Kier alpha value is -1.05. The Morgan fingerprint density at radius 1 is 1.32 bits per heavy atom. The van der Waals surface area contributed by atoms with Gasteiger partial charge in [0.05, 0.1) is 4.90 Å². The fraction of sp³-hybridized carbons (Fsp3) is 0.533. The van der Waals surface area contributed by atoms with Gasteiger partial charge >= 0.3 is 0 Å². The molecule has 0 bridgehead atoms. The average molecular weight is 342 g/mol. The zero-order valence-corrected chi connectivity index (χ0v) is 14.3. The third kappa shape index (κ3) is 4.72. The third-order valence-electron chi connectivity index (χ3n) is 3.72. The van der Waals surface area contributed by atoms with Crippen LogP contribution in [0.5, 0.6) is 0 Å². The van der Waals surface area contributed by atoms with Gasteiger partial charge in [0.2, 0.25) is 10.0 Å². The number of rotatable bonds is 7. The van der Waals surface area contributed by atoms with Crippen LogP contribution in [0.1, 0.15) is 36.0 Å². The maximum Gasteiger partial charge on any atom is 0.251 e. The van der Waals surface area contributed by atoms with E-state index in [0.717, 1.165) is 11.0 Å². The quantitative estimate of drug-likeness (QED) is 0.743. The normalized spacial score (nSPS) is 15.9. The zero-order valence-electron chi connectivity index (χ0n) is 12.7. The van der Waals surface area contributed by atoms with Crippen LogP contribution in [0.3, 0.4) is 0 Å². The summed E-state index contributed by atoms with van der Waals surface area (Å²) in [5.74, 6) is 0.658. The van der Waals surface area contributed by atoms with E-state index < -0.39 is 10.0 Å². The molecule has 0 aromatic heterocycles. The van der Waals surface area contributed by atoms with Gasteiger partial charge in [0.15, 0.2) is 0 Å². The minimum Gasteiger partial charge on any atom is -0.351 e. The van der Waals surface area contributed by atoms with E-state index in [1.165, 1.54) is 44.9 Å². The van der Waals surface area contributed by atoms with Crippen molar-refractivity contribution >= 4 is 27.7 Å². The topological polar surface area (TPSA) is 75.3 Å². The maximum atomic E-state index is 12.1. The lowest BCUT2D eigenvalue weighted by atomic mass is 10.2. The highest BCUT2D eigenvalue weighted by molar-refractivity contribution is 7.99. The summed E-state index contributed by atoms with van der Waals surface area (Å²) in [5, 5.41) is 3.58. The first-order valence-corrected chi connectivity index (χ1v) is 9.99. The van der Waals surface area contributed by atoms with Crippen LogP contribution in [0.2, 0.25) is 0 Å². The Kier molecular flexibility index (Phi) is 6.28. The molecule has 2 rings (SSSR count). The molecule has 0 saturated heterocycles. The summed E-state index contributed by atoms with van der Waals surface area (Å²) in [4.78, 5) is 12.2. The molecule has 1 aromatic carbocycles. The third-order valence-corrected chi connectivity index (χ3v) is 6.51. The second-order valence-corrected chi connectivity index (χ2v) is 8.56. The summed E-state index contributed by atoms with van der Waals surface area (Å²) in [6.07, 6.45) is 5.19. The van der Waals surface area contributed by atoms with Crippen molar-refractivity contribution in [1.29, 1.82) is 0 Å². The molecule has 0 spiro atoms. The monoisotopic (exact) mass is 342 g/mol. The molecule has 5 nitrogen and oxygen atoms in total. The van der Waals surface area contributed by atoms with E-state index in [2.05, 4.69) is 10.0 Å². The molecule has 122 valence electrons. The molecule has 1 saturated carbocycles. The Morgan fingerprint density at radius 3 is 2.73 bits per heavy atom. The van der Waals surface area contributed by atoms with Crippen LogP contribution in [0.4, 0.5) is 0 Å². The number of benzene rings is 1. The van der Waals surface area contributed by atoms with Crippen molar-refractivity contribution < 1.29 is 13.2 Å². The van der Waals surface area contributed by atoms with Gasteiger partial charge in [0.25, 0.3) is 5.91 Å². The Morgan fingerprint density at radius 2 is 2.05 bits per heavy atom. The predicted octanol–water partition coefficient (Wildman–Crippen LogP) is 2.00. The zero-order chi connectivity index (χ0) is 16.0. The standard InChI is InChI=1S/C15H22N2O3S2/c1-16-22(19,20)14-8-4-5-12(11-14)15(18)17-9-10-21-13-6-2-3-7-13/h4-5,8,11,13,16H,2-3,6-7,9-10H2,1H3,(H,17,18). The maximum absolute atomic E-state index is 12.1. The average Bonchev–Trinajstić information content (AvgIpc) is 3.05. The molecule has 1 aromatic rings. The highest BCUT2D eigenvalue weighted by Crippen LogP contribution is 2.28. The van der Waals surface area contributed by atoms with Crippen molar-refractivity contribution in [2.75, 3.05) is 19.3 Å². The Labute approximate surface area is 136 Å². The lowest BCUT2D eigenvalue weighted by Gasteiger charge is -2.10. The van der Waals surface area contributed by atoms with Gasteiger partial charge in [0.1, 0.15) is 0 Å². The molecule has 22 heavy (non-hydrogen) atoms. The molecule has 0 unspecified atom stereocenters. The van der Waals surface area contributed by atoms with E-state index in [1.807, 2.05) is 11.8 Å². The van der Waals surface area contributed by atoms with Gasteiger partial charge in [-0.2, -0.15) is 11.8 Å². The van der Waals surface area contributed by atoms with Gasteiger partial charge in [-0.25, -0.2) is 13.1 Å². The molecule has 0 heterocycles. The first-order valence-electron chi connectivity index (χ1n) is 7.46. The summed E-state index contributed by atoms with van der Waals surface area (Å²) in [7, 11) is -2.18. The predicted molar refractivity (Wildman–Crippen MR) is 89.7 cm³/mol. The number of sulfonamides is 1. The molecule has 1 aliphatic rings. The highest BCUT2D eigenvalue weighted by Gasteiger charge is 2.16. The van der Waals surface area contributed by atoms with Gasteiger partial charge in [0, 0.05) is 23.1 Å². The fourth-order valence-electron chi connectivity index (χ4n) is 2.47. The van der Waals surface area contributed by atoms with Crippen molar-refractivity contribution in [3.05, 3.63) is 29.8 Å². The summed E-state index contributed by atoms with van der Waals surface area (Å²) in [6, 6.07) is 6.06. The van der Waals surface area contributed by atoms with E-state index in [0.29, 0.717) is 12.1 Å². The minimum absolute atomic E-state index is 0.1000. The summed E-state index contributed by atoms with van der Waals surface area (Å²) < 4.78 is 25.7. The van der Waals surface area contributed by atoms with E-state index >= 15 is 0 Å². The van der Waals surface area contributed by atoms with E-state index in [-0.39, 0.29) is 10.8 Å². The van der Waals surface area contributed by atoms with Crippen molar-refractivity contribution in [2.45, 2.75) is 35.8 Å². The summed E-state index contributed by atoms with van der Waals surface area (Å²) in [5.41, 5.74) is 0.363. The Balaban J connectivity index is 1.85. The molecule has 2 N–H and O–H groups in total. The number of hydrogen-bond acceptors (Lipinski definition) is 4. The molecule has 1 aliphatic carbocycles. The Bertz CT molecular complexity index is 611. The first kappa shape index (κ1) is 17.3. The molecular formula is C15H22N2O3S2. The van der Waals surface area contributed by atoms with Crippen LogP contribution in [0.25, 0.3) is 0 Å². The smallest absolute Gasteiger partial charge is 0.251 e. The van der Waals surface area contributed by atoms with E-state index in [9.17, 15) is 13.2 Å². The number of thioether (sulfide) groups is 1. The number of amides is 1. The van der Waals surface area contributed by atoms with Crippen molar-refractivity contribution in [3.63, 3.8) is 0 Å². The lowest BCUT2D eigenvalue weighted by molar-refractivity contribution is 0.0956. The first-order chi connectivity index (χ1) is 10.5. The highest BCUT2D eigenvalue weighted by atomic mass is 32.2. The van der Waals surface area contributed by atoms with Crippen LogP contribution < -0.4 is 10.0 Å². The summed E-state index contributed by atoms with van der Waals surface area (Å²) >= 11 is 1.91. The van der Waals surface area contributed by atoms with Crippen molar-refractivity contribution in [2.24, 2.45) is 0 Å². The number of carbonyl (C=O) groups is 1. The van der Waals surface area contributed by atoms with Crippen LogP contribution in [-0.2, 0) is 10.0 Å². The van der Waals surface area contributed by atoms with E-state index in [1.54, 1.807) is 12.1 Å². The van der Waals surface area contributed by atoms with E-state index in [4.69, 9.17) is 0 Å². The number of hydrogen-bond donors (Lipinski definition) is 2. The van der Waals surface area contributed by atoms with Crippen LogP contribution in [0, 0.1) is 0 Å². The van der Waals surface area contributed by atoms with Gasteiger partial charge < -0.3 is 5.32 Å². The van der Waals surface area contributed by atoms with Gasteiger partial charge in [-0.05, 0) is 38.1 Å². The van der Waals surface area contributed by atoms with Crippen molar-refractivity contribution in [1.82, 2.24) is 10.0 Å². The molecule has 1 amide bonds. The number of carbonyl (C=O) groups excluding carboxylic acids is 1. The number of nitrogens with one attached hydrogen (secondary N) is 2. The van der Waals surface area contributed by atoms with Crippen LogP contribution in [-0.4, -0.2) is 38.9 Å². The fourth-order valence-corrected chi connectivity index (χ4v) is 4.47. The summed E-state index contributed by atoms with van der Waals surface area (Å²) in [6.45, 7) is 0.600. The molecule has 0 atom stereocenters. The lowest BCUT2D eigenvalue weighted by Crippen LogP contribution is -2.26. The molecule has 7 heteroatoms. The molecular weight excluding hydrogens is 320 g/mol. The largest absolute Gasteiger partial charge is 0.351 e.